The molecule has 0 unspecified atom stereocenters. The lowest BCUT2D eigenvalue weighted by Crippen LogP contribution is -2.51. The van der Waals surface area contributed by atoms with Gasteiger partial charge in [-0.15, -0.1) is 11.8 Å². The number of halogens is 3. The van der Waals surface area contributed by atoms with E-state index in [1.165, 1.54) is 11.8 Å². The minimum absolute atomic E-state index is 0.111. The van der Waals surface area contributed by atoms with Crippen molar-refractivity contribution >= 4 is 62.7 Å². The van der Waals surface area contributed by atoms with Crippen LogP contribution in [-0.2, 0) is 28.3 Å². The van der Waals surface area contributed by atoms with Gasteiger partial charge in [0.2, 0.25) is 11.8 Å². The zero-order chi connectivity index (χ0) is 26.6. The maximum atomic E-state index is 13.7. The molecule has 0 aliphatic rings. The van der Waals surface area contributed by atoms with Gasteiger partial charge < -0.3 is 10.2 Å². The predicted octanol–water partition coefficient (Wildman–Crippen LogP) is 7.55. The first-order valence-electron chi connectivity index (χ1n) is 12.2. The summed E-state index contributed by atoms with van der Waals surface area (Å²) in [7, 11) is 0. The Morgan fingerprint density at radius 2 is 1.73 bits per heavy atom. The molecule has 0 saturated heterocycles. The van der Waals surface area contributed by atoms with Crippen molar-refractivity contribution < 1.29 is 9.59 Å². The van der Waals surface area contributed by atoms with Crippen molar-refractivity contribution in [2.45, 2.75) is 44.5 Å². The lowest BCUT2D eigenvalue weighted by atomic mass is 10.0. The largest absolute Gasteiger partial charge is 0.354 e. The molecule has 3 rings (SSSR count). The number of rotatable bonds is 13. The van der Waals surface area contributed by atoms with Gasteiger partial charge in [0.15, 0.2) is 0 Å². The van der Waals surface area contributed by atoms with Crippen LogP contribution in [0.3, 0.4) is 0 Å². The summed E-state index contributed by atoms with van der Waals surface area (Å²) in [6.07, 6.45) is 2.26. The number of amides is 2. The Hall–Kier alpha value is -1.99. The Morgan fingerprint density at radius 1 is 1.00 bits per heavy atom. The molecule has 1 N–H and O–H groups in total. The Kier molecular flexibility index (Phi) is 12.3. The molecule has 1 atom stereocenters. The van der Waals surface area contributed by atoms with Gasteiger partial charge in [0.1, 0.15) is 6.04 Å². The number of benzene rings is 3. The first-order chi connectivity index (χ1) is 17.9. The number of thioether (sulfide) groups is 1. The average Bonchev–Trinajstić information content (AvgIpc) is 2.89. The highest BCUT2D eigenvalue weighted by Gasteiger charge is 2.30. The maximum Gasteiger partial charge on any atom is 0.243 e. The third kappa shape index (κ3) is 9.68. The number of unbranched alkanes of at least 4 members (excludes halogenated alkanes) is 1. The minimum Gasteiger partial charge on any atom is -0.354 e. The summed E-state index contributed by atoms with van der Waals surface area (Å²) in [5, 5.41) is 4.03. The molecule has 0 saturated carbocycles. The Bertz CT molecular complexity index is 1160. The van der Waals surface area contributed by atoms with E-state index in [9.17, 15) is 9.59 Å². The highest BCUT2D eigenvalue weighted by atomic mass is 79.9. The van der Waals surface area contributed by atoms with Gasteiger partial charge in [0.05, 0.1) is 5.75 Å². The molecule has 0 fully saturated rings. The molecule has 8 heteroatoms. The zero-order valence-electron chi connectivity index (χ0n) is 20.8. The summed E-state index contributed by atoms with van der Waals surface area (Å²) in [5.41, 5.74) is 2.86. The van der Waals surface area contributed by atoms with Gasteiger partial charge >= 0.3 is 0 Å². The fourth-order valence-electron chi connectivity index (χ4n) is 3.81. The molecule has 4 nitrogen and oxygen atoms in total. The Balaban J connectivity index is 1.85. The maximum absolute atomic E-state index is 13.7. The average molecular weight is 622 g/mol. The second-order valence-corrected chi connectivity index (χ2v) is 11.5. The van der Waals surface area contributed by atoms with Crippen LogP contribution in [0.1, 0.15) is 36.5 Å². The van der Waals surface area contributed by atoms with E-state index in [2.05, 4.69) is 28.2 Å². The summed E-state index contributed by atoms with van der Waals surface area (Å²) in [6.45, 7) is 2.86. The van der Waals surface area contributed by atoms with Crippen LogP contribution in [0.25, 0.3) is 0 Å². The number of hydrogen-bond acceptors (Lipinski definition) is 3. The molecule has 3 aromatic rings. The summed E-state index contributed by atoms with van der Waals surface area (Å²) in [4.78, 5) is 28.8. The quantitative estimate of drug-likeness (QED) is 0.201. The van der Waals surface area contributed by atoms with Gasteiger partial charge in [-0.2, -0.15) is 0 Å². The van der Waals surface area contributed by atoms with E-state index in [0.29, 0.717) is 28.8 Å². The van der Waals surface area contributed by atoms with Crippen molar-refractivity contribution in [1.82, 2.24) is 10.2 Å². The van der Waals surface area contributed by atoms with Crippen LogP contribution in [0.15, 0.2) is 77.3 Å². The van der Waals surface area contributed by atoms with E-state index in [1.54, 1.807) is 17.0 Å². The molecule has 2 amide bonds. The zero-order valence-corrected chi connectivity index (χ0v) is 24.7. The fourth-order valence-corrected chi connectivity index (χ4v) is 5.42. The molecule has 0 aliphatic carbocycles. The molecule has 0 aromatic heterocycles. The smallest absolute Gasteiger partial charge is 0.243 e. The van der Waals surface area contributed by atoms with E-state index in [0.717, 1.165) is 34.0 Å². The number of nitrogens with zero attached hydrogens (tertiary/aromatic N) is 1. The molecule has 37 heavy (non-hydrogen) atoms. The van der Waals surface area contributed by atoms with Crippen LogP contribution in [0, 0.1) is 0 Å². The molecule has 0 spiro atoms. The Morgan fingerprint density at radius 3 is 2.41 bits per heavy atom. The van der Waals surface area contributed by atoms with Crippen LogP contribution in [0.5, 0.6) is 0 Å². The molecular formula is C29H31BrCl2N2O2S. The number of hydrogen-bond donors (Lipinski definition) is 1. The summed E-state index contributed by atoms with van der Waals surface area (Å²) < 4.78 is 1.01. The lowest BCUT2D eigenvalue weighted by Gasteiger charge is -2.32. The van der Waals surface area contributed by atoms with Crippen molar-refractivity contribution in [1.29, 1.82) is 0 Å². The van der Waals surface area contributed by atoms with E-state index in [-0.39, 0.29) is 24.1 Å². The molecule has 196 valence electrons. The second kappa shape index (κ2) is 15.4. The number of carbonyl (C=O) groups excluding carboxylic acids is 2. The molecule has 0 heterocycles. The molecule has 0 bridgehead atoms. The SMILES string of the molecule is CCCCNC(=O)[C@H](Cc1ccccc1)N(Cc1ccc(Cl)cc1Cl)C(=O)CSCc1ccc(Br)cc1. The van der Waals surface area contributed by atoms with Crippen LogP contribution < -0.4 is 5.32 Å². The predicted molar refractivity (Wildman–Crippen MR) is 159 cm³/mol. The van der Waals surface area contributed by atoms with E-state index in [1.807, 2.05) is 60.7 Å². The van der Waals surface area contributed by atoms with Crippen molar-refractivity contribution in [2.75, 3.05) is 12.3 Å². The molecule has 0 radical (unpaired) electrons. The lowest BCUT2D eigenvalue weighted by molar-refractivity contribution is -0.139. The van der Waals surface area contributed by atoms with Gasteiger partial charge in [-0.25, -0.2) is 0 Å². The molecular weight excluding hydrogens is 591 g/mol. The van der Waals surface area contributed by atoms with E-state index in [4.69, 9.17) is 23.2 Å². The summed E-state index contributed by atoms with van der Waals surface area (Å²) in [6, 6.07) is 22.4. The number of carbonyl (C=O) groups is 2. The van der Waals surface area contributed by atoms with Crippen LogP contribution in [0.2, 0.25) is 10.0 Å². The number of nitrogens with one attached hydrogen (secondary N) is 1. The third-order valence-electron chi connectivity index (χ3n) is 5.86. The van der Waals surface area contributed by atoms with Gasteiger partial charge in [-0.05, 0) is 47.4 Å². The second-order valence-electron chi connectivity index (χ2n) is 8.73. The molecule has 3 aromatic carbocycles. The first-order valence-corrected chi connectivity index (χ1v) is 14.9. The van der Waals surface area contributed by atoms with Crippen molar-refractivity contribution in [2.24, 2.45) is 0 Å². The Labute approximate surface area is 242 Å². The van der Waals surface area contributed by atoms with Crippen molar-refractivity contribution in [3.63, 3.8) is 0 Å². The fraction of sp³-hybridized carbons (Fsp3) is 0.310. The van der Waals surface area contributed by atoms with Crippen LogP contribution in [0.4, 0.5) is 0 Å². The van der Waals surface area contributed by atoms with Crippen LogP contribution >= 0.6 is 50.9 Å². The standard InChI is InChI=1S/C29H31BrCl2N2O2S/c1-2-3-15-33-29(36)27(16-21-7-5-4-6-8-21)34(18-23-11-14-25(31)17-26(23)32)28(35)20-37-19-22-9-12-24(30)13-10-22/h4-14,17,27H,2-3,15-16,18-20H2,1H3,(H,33,36)/t27-/m0/s1. The van der Waals surface area contributed by atoms with Crippen LogP contribution in [-0.4, -0.2) is 35.1 Å². The topological polar surface area (TPSA) is 49.4 Å². The van der Waals surface area contributed by atoms with Gasteiger partial charge in [0, 0.05) is 39.8 Å². The molecule has 0 aliphatic heterocycles. The highest BCUT2D eigenvalue weighted by molar-refractivity contribution is 9.10. The summed E-state index contributed by atoms with van der Waals surface area (Å²) >= 11 is 17.6. The van der Waals surface area contributed by atoms with Gasteiger partial charge in [-0.1, -0.05) is 101 Å². The van der Waals surface area contributed by atoms with E-state index < -0.39 is 6.04 Å². The van der Waals surface area contributed by atoms with E-state index >= 15 is 0 Å². The third-order valence-corrected chi connectivity index (χ3v) is 7.97. The van der Waals surface area contributed by atoms with Gasteiger partial charge in [-0.3, -0.25) is 9.59 Å². The van der Waals surface area contributed by atoms with Gasteiger partial charge in [0.25, 0.3) is 0 Å². The first kappa shape index (κ1) is 29.6. The van der Waals surface area contributed by atoms with Crippen molar-refractivity contribution in [3.05, 3.63) is 104 Å². The highest BCUT2D eigenvalue weighted by Crippen LogP contribution is 2.25. The monoisotopic (exact) mass is 620 g/mol. The normalized spacial score (nSPS) is 11.7. The minimum atomic E-state index is -0.674. The van der Waals surface area contributed by atoms with Crippen molar-refractivity contribution in [3.8, 4) is 0 Å². The summed E-state index contributed by atoms with van der Waals surface area (Å²) in [5.74, 6) is 0.670.